The van der Waals surface area contributed by atoms with E-state index in [2.05, 4.69) is 34.1 Å². The number of carbonyl (C=O) groups is 1. The second-order valence-corrected chi connectivity index (χ2v) is 6.25. The number of nitrogens with zero attached hydrogens (tertiary/aromatic N) is 3. The van der Waals surface area contributed by atoms with Gasteiger partial charge in [0.1, 0.15) is 0 Å². The minimum Gasteiger partial charge on any atom is -0.371 e. The fourth-order valence-corrected chi connectivity index (χ4v) is 3.16. The summed E-state index contributed by atoms with van der Waals surface area (Å²) in [6, 6.07) is 14.3. The predicted octanol–water partition coefficient (Wildman–Crippen LogP) is 2.61. The van der Waals surface area contributed by atoms with Crippen LogP contribution >= 0.6 is 0 Å². The lowest BCUT2D eigenvalue weighted by Gasteiger charge is -2.22. The van der Waals surface area contributed by atoms with E-state index in [4.69, 9.17) is 0 Å². The Labute approximate surface area is 137 Å². The number of likely N-dealkylation sites (N-methyl/N-ethyl adjacent to an activating group) is 1. The van der Waals surface area contributed by atoms with Crippen LogP contribution in [-0.4, -0.2) is 42.5 Å². The van der Waals surface area contributed by atoms with E-state index >= 15 is 0 Å². The Morgan fingerprint density at radius 2 is 2.09 bits per heavy atom. The summed E-state index contributed by atoms with van der Waals surface area (Å²) < 4.78 is 0. The molecule has 0 radical (unpaired) electrons. The molecule has 0 N–H and O–H groups in total. The molecule has 0 aliphatic carbocycles. The zero-order valence-corrected chi connectivity index (χ0v) is 13.6. The fourth-order valence-electron chi connectivity index (χ4n) is 3.16. The van der Waals surface area contributed by atoms with Crippen molar-refractivity contribution >= 4 is 11.6 Å². The standard InChI is InChI=1S/C19H23N3O/c1-21(19(23)12-16-6-5-10-20-13-16)14-17-9-11-22(15-17)18-7-3-2-4-8-18/h2-8,10,13,17H,9,11-12,14-15H2,1H3. The van der Waals surface area contributed by atoms with Crippen LogP contribution in [0.5, 0.6) is 0 Å². The number of pyridine rings is 1. The van der Waals surface area contributed by atoms with Gasteiger partial charge in [-0.2, -0.15) is 0 Å². The molecule has 2 heterocycles. The van der Waals surface area contributed by atoms with Crippen LogP contribution < -0.4 is 4.90 Å². The van der Waals surface area contributed by atoms with Gasteiger partial charge >= 0.3 is 0 Å². The van der Waals surface area contributed by atoms with Gasteiger partial charge in [-0.25, -0.2) is 0 Å². The first-order valence-electron chi connectivity index (χ1n) is 8.15. The number of rotatable bonds is 5. The van der Waals surface area contributed by atoms with Gasteiger partial charge in [0.15, 0.2) is 0 Å². The first-order chi connectivity index (χ1) is 11.2. The molecule has 1 aromatic heterocycles. The third kappa shape index (κ3) is 4.09. The molecule has 2 aromatic rings. The topological polar surface area (TPSA) is 36.4 Å². The summed E-state index contributed by atoms with van der Waals surface area (Å²) in [4.78, 5) is 20.7. The molecule has 1 fully saturated rings. The normalized spacial score (nSPS) is 17.3. The molecule has 1 aliphatic heterocycles. The van der Waals surface area contributed by atoms with Crippen molar-refractivity contribution < 1.29 is 4.79 Å². The average Bonchev–Trinajstić information content (AvgIpc) is 3.05. The summed E-state index contributed by atoms with van der Waals surface area (Å²) >= 11 is 0. The van der Waals surface area contributed by atoms with Crippen molar-refractivity contribution in [3.8, 4) is 0 Å². The maximum absolute atomic E-state index is 12.3. The smallest absolute Gasteiger partial charge is 0.226 e. The Morgan fingerprint density at radius 3 is 2.83 bits per heavy atom. The fraction of sp³-hybridized carbons (Fsp3) is 0.368. The number of amides is 1. The minimum absolute atomic E-state index is 0.163. The minimum atomic E-state index is 0.163. The number of anilines is 1. The first kappa shape index (κ1) is 15.5. The Bertz CT molecular complexity index is 630. The number of hydrogen-bond acceptors (Lipinski definition) is 3. The second kappa shape index (κ2) is 7.27. The lowest BCUT2D eigenvalue weighted by Crippen LogP contribution is -2.34. The van der Waals surface area contributed by atoms with Crippen LogP contribution in [0.2, 0.25) is 0 Å². The van der Waals surface area contributed by atoms with E-state index in [9.17, 15) is 4.79 Å². The van der Waals surface area contributed by atoms with Crippen LogP contribution in [0.4, 0.5) is 5.69 Å². The number of para-hydroxylation sites is 1. The van der Waals surface area contributed by atoms with Crippen molar-refractivity contribution in [2.75, 3.05) is 31.6 Å². The Kier molecular flexibility index (Phi) is 4.91. The van der Waals surface area contributed by atoms with Crippen molar-refractivity contribution in [2.45, 2.75) is 12.8 Å². The van der Waals surface area contributed by atoms with Crippen molar-refractivity contribution in [3.63, 3.8) is 0 Å². The average molecular weight is 309 g/mol. The molecule has 1 aliphatic rings. The van der Waals surface area contributed by atoms with E-state index in [1.807, 2.05) is 30.1 Å². The summed E-state index contributed by atoms with van der Waals surface area (Å²) in [5.74, 6) is 0.703. The summed E-state index contributed by atoms with van der Waals surface area (Å²) in [6.45, 7) is 2.91. The Morgan fingerprint density at radius 1 is 1.26 bits per heavy atom. The van der Waals surface area contributed by atoms with Crippen LogP contribution in [0, 0.1) is 5.92 Å². The van der Waals surface area contributed by atoms with Gasteiger partial charge < -0.3 is 9.80 Å². The summed E-state index contributed by atoms with van der Waals surface area (Å²) in [5, 5.41) is 0. The highest BCUT2D eigenvalue weighted by Gasteiger charge is 2.25. The molecule has 4 heteroatoms. The highest BCUT2D eigenvalue weighted by Crippen LogP contribution is 2.24. The van der Waals surface area contributed by atoms with Crippen molar-refractivity contribution in [1.82, 2.24) is 9.88 Å². The molecule has 0 saturated carbocycles. The van der Waals surface area contributed by atoms with Crippen LogP contribution in [0.15, 0.2) is 54.9 Å². The molecule has 1 atom stereocenters. The maximum Gasteiger partial charge on any atom is 0.226 e. The van der Waals surface area contributed by atoms with Gasteiger partial charge in [0.2, 0.25) is 5.91 Å². The molecule has 1 amide bonds. The van der Waals surface area contributed by atoms with Crippen LogP contribution in [-0.2, 0) is 11.2 Å². The van der Waals surface area contributed by atoms with E-state index in [1.165, 1.54) is 5.69 Å². The molecule has 120 valence electrons. The lowest BCUT2D eigenvalue weighted by atomic mass is 10.1. The molecule has 3 rings (SSSR count). The third-order valence-corrected chi connectivity index (χ3v) is 4.44. The van der Waals surface area contributed by atoms with E-state index in [1.54, 1.807) is 12.4 Å². The zero-order chi connectivity index (χ0) is 16.1. The largest absolute Gasteiger partial charge is 0.371 e. The SMILES string of the molecule is CN(CC1CCN(c2ccccc2)C1)C(=O)Cc1cccnc1. The Hall–Kier alpha value is -2.36. The van der Waals surface area contributed by atoms with Gasteiger partial charge in [-0.15, -0.1) is 0 Å². The van der Waals surface area contributed by atoms with Gasteiger partial charge in [0.25, 0.3) is 0 Å². The van der Waals surface area contributed by atoms with Crippen LogP contribution in [0.25, 0.3) is 0 Å². The van der Waals surface area contributed by atoms with Gasteiger partial charge in [0.05, 0.1) is 6.42 Å². The molecular formula is C19H23N3O. The van der Waals surface area contributed by atoms with Gasteiger partial charge in [-0.1, -0.05) is 24.3 Å². The second-order valence-electron chi connectivity index (χ2n) is 6.25. The summed E-state index contributed by atoms with van der Waals surface area (Å²) in [5.41, 5.74) is 2.25. The van der Waals surface area contributed by atoms with Crippen molar-refractivity contribution in [3.05, 3.63) is 60.4 Å². The monoisotopic (exact) mass is 309 g/mol. The zero-order valence-electron chi connectivity index (χ0n) is 13.6. The summed E-state index contributed by atoms with van der Waals surface area (Å²) in [7, 11) is 1.91. The first-order valence-corrected chi connectivity index (χ1v) is 8.15. The Balaban J connectivity index is 1.51. The van der Waals surface area contributed by atoms with Gasteiger partial charge in [-0.3, -0.25) is 9.78 Å². The third-order valence-electron chi connectivity index (χ3n) is 4.44. The highest BCUT2D eigenvalue weighted by atomic mass is 16.2. The highest BCUT2D eigenvalue weighted by molar-refractivity contribution is 5.78. The molecule has 4 nitrogen and oxygen atoms in total. The van der Waals surface area contributed by atoms with Crippen LogP contribution in [0.1, 0.15) is 12.0 Å². The van der Waals surface area contributed by atoms with Crippen molar-refractivity contribution in [2.24, 2.45) is 5.92 Å². The van der Waals surface area contributed by atoms with Gasteiger partial charge in [0, 0.05) is 44.8 Å². The van der Waals surface area contributed by atoms with Crippen LogP contribution in [0.3, 0.4) is 0 Å². The number of aromatic nitrogens is 1. The maximum atomic E-state index is 12.3. The molecular weight excluding hydrogens is 286 g/mol. The molecule has 0 bridgehead atoms. The van der Waals surface area contributed by atoms with E-state index < -0.39 is 0 Å². The number of carbonyl (C=O) groups excluding carboxylic acids is 1. The molecule has 1 unspecified atom stereocenters. The molecule has 23 heavy (non-hydrogen) atoms. The quantitative estimate of drug-likeness (QED) is 0.852. The molecule has 1 aromatic carbocycles. The predicted molar refractivity (Wildman–Crippen MR) is 92.3 cm³/mol. The van der Waals surface area contributed by atoms with E-state index in [0.717, 1.165) is 31.6 Å². The van der Waals surface area contributed by atoms with Crippen molar-refractivity contribution in [1.29, 1.82) is 0 Å². The van der Waals surface area contributed by atoms with Gasteiger partial charge in [-0.05, 0) is 36.1 Å². The molecule has 0 spiro atoms. The summed E-state index contributed by atoms with van der Waals surface area (Å²) in [6.07, 6.45) is 5.06. The number of benzene rings is 1. The van der Waals surface area contributed by atoms with E-state index in [0.29, 0.717) is 12.3 Å². The molecule has 1 saturated heterocycles. The lowest BCUT2D eigenvalue weighted by molar-refractivity contribution is -0.129. The van der Waals surface area contributed by atoms with E-state index in [-0.39, 0.29) is 5.91 Å². The number of hydrogen-bond donors (Lipinski definition) is 0.